The van der Waals surface area contributed by atoms with Gasteiger partial charge in [-0.05, 0) is 12.8 Å². The van der Waals surface area contributed by atoms with Crippen LogP contribution in [0.4, 0.5) is 0 Å². The summed E-state index contributed by atoms with van der Waals surface area (Å²) in [5.41, 5.74) is 0. The van der Waals surface area contributed by atoms with E-state index in [1.54, 1.807) is 7.11 Å². The normalized spacial score (nSPS) is 25.0. The molecule has 0 saturated carbocycles. The quantitative estimate of drug-likeness (QED) is 0.470. The molecule has 1 atom stereocenters. The first kappa shape index (κ1) is 9.92. The van der Waals surface area contributed by atoms with Crippen LogP contribution in [0.25, 0.3) is 0 Å². The second kappa shape index (κ2) is 5.48. The average molecular weight is 174 g/mol. The molecule has 72 valence electrons. The molecule has 0 aliphatic carbocycles. The topological polar surface area (TPSA) is 47.7 Å². The van der Waals surface area contributed by atoms with Crippen molar-refractivity contribution in [1.29, 1.82) is 0 Å². The molecule has 1 rings (SSSR count). The highest BCUT2D eigenvalue weighted by Crippen LogP contribution is 2.12. The highest BCUT2D eigenvalue weighted by Gasteiger charge is 2.21. The van der Waals surface area contributed by atoms with E-state index in [1.807, 2.05) is 5.01 Å². The van der Waals surface area contributed by atoms with Gasteiger partial charge in [-0.25, -0.2) is 5.01 Å². The largest absolute Gasteiger partial charge is 0.382 e. The van der Waals surface area contributed by atoms with Crippen molar-refractivity contribution in [2.45, 2.75) is 18.9 Å². The lowest BCUT2D eigenvalue weighted by molar-refractivity contribution is 0.0405. The second-order valence-electron chi connectivity index (χ2n) is 3.10. The molecule has 0 bridgehead atoms. The molecule has 4 heteroatoms. The van der Waals surface area contributed by atoms with E-state index in [2.05, 4.69) is 0 Å². The van der Waals surface area contributed by atoms with E-state index in [-0.39, 0.29) is 0 Å². The molecule has 2 N–H and O–H groups in total. The Hall–Kier alpha value is -0.160. The molecule has 0 unspecified atom stereocenters. The fourth-order valence-corrected chi connectivity index (χ4v) is 1.40. The molecule has 0 radical (unpaired) electrons. The van der Waals surface area contributed by atoms with Crippen LogP contribution in [-0.2, 0) is 9.47 Å². The highest BCUT2D eigenvalue weighted by atomic mass is 16.5. The maximum Gasteiger partial charge on any atom is 0.0701 e. The van der Waals surface area contributed by atoms with Crippen LogP contribution >= 0.6 is 0 Å². The minimum Gasteiger partial charge on any atom is -0.382 e. The molecule has 12 heavy (non-hydrogen) atoms. The van der Waals surface area contributed by atoms with Crippen LogP contribution in [0.5, 0.6) is 0 Å². The van der Waals surface area contributed by atoms with Crippen molar-refractivity contribution in [1.82, 2.24) is 5.01 Å². The SMILES string of the molecule is COCCOC[C@@H]1CCCN1N. The molecule has 1 heterocycles. The van der Waals surface area contributed by atoms with Crippen LogP contribution in [-0.4, -0.2) is 44.5 Å². The van der Waals surface area contributed by atoms with E-state index < -0.39 is 0 Å². The Morgan fingerprint density at radius 2 is 2.33 bits per heavy atom. The van der Waals surface area contributed by atoms with Gasteiger partial charge in [0.1, 0.15) is 0 Å². The minimum absolute atomic E-state index is 0.418. The number of methoxy groups -OCH3 is 1. The van der Waals surface area contributed by atoms with Gasteiger partial charge in [0.25, 0.3) is 0 Å². The molecule has 1 aliphatic heterocycles. The van der Waals surface area contributed by atoms with E-state index >= 15 is 0 Å². The minimum atomic E-state index is 0.418. The van der Waals surface area contributed by atoms with Gasteiger partial charge in [-0.1, -0.05) is 0 Å². The monoisotopic (exact) mass is 174 g/mol. The third kappa shape index (κ3) is 3.06. The zero-order valence-electron chi connectivity index (χ0n) is 7.66. The first-order valence-electron chi connectivity index (χ1n) is 4.42. The van der Waals surface area contributed by atoms with Gasteiger partial charge in [-0.2, -0.15) is 0 Å². The van der Waals surface area contributed by atoms with Gasteiger partial charge >= 0.3 is 0 Å². The van der Waals surface area contributed by atoms with Crippen molar-refractivity contribution in [3.8, 4) is 0 Å². The molecule has 1 fully saturated rings. The predicted molar refractivity (Wildman–Crippen MR) is 46.6 cm³/mol. The Labute approximate surface area is 73.6 Å². The third-order valence-electron chi connectivity index (χ3n) is 2.16. The van der Waals surface area contributed by atoms with Crippen LogP contribution in [0.3, 0.4) is 0 Å². The standard InChI is InChI=1S/C8H18N2O2/c1-11-5-6-12-7-8-3-2-4-10(8)9/h8H,2-7,9H2,1H3/t8-/m0/s1. The fraction of sp³-hybridized carbons (Fsp3) is 1.00. The Balaban J connectivity index is 1.98. The van der Waals surface area contributed by atoms with Crippen LogP contribution in [0.15, 0.2) is 0 Å². The van der Waals surface area contributed by atoms with E-state index in [1.165, 1.54) is 6.42 Å². The number of nitrogens with zero attached hydrogens (tertiary/aromatic N) is 1. The molecule has 1 aliphatic rings. The summed E-state index contributed by atoms with van der Waals surface area (Å²) in [7, 11) is 1.67. The fourth-order valence-electron chi connectivity index (χ4n) is 1.40. The summed E-state index contributed by atoms with van der Waals surface area (Å²) >= 11 is 0. The molecule has 0 aromatic heterocycles. The number of hydrogen-bond donors (Lipinski definition) is 1. The molecule has 4 nitrogen and oxygen atoms in total. The predicted octanol–water partition coefficient (Wildman–Crippen LogP) is -0.0125. The van der Waals surface area contributed by atoms with Gasteiger partial charge in [0.2, 0.25) is 0 Å². The van der Waals surface area contributed by atoms with E-state index in [9.17, 15) is 0 Å². The van der Waals surface area contributed by atoms with E-state index in [0.29, 0.717) is 19.3 Å². The van der Waals surface area contributed by atoms with Gasteiger partial charge in [0, 0.05) is 19.7 Å². The molecule has 0 aromatic rings. The van der Waals surface area contributed by atoms with Crippen molar-refractivity contribution in [3.05, 3.63) is 0 Å². The Bertz CT molecular complexity index is 122. The number of nitrogens with two attached hydrogens (primary N) is 1. The lowest BCUT2D eigenvalue weighted by atomic mass is 10.2. The van der Waals surface area contributed by atoms with Crippen LogP contribution in [0.1, 0.15) is 12.8 Å². The van der Waals surface area contributed by atoms with E-state index in [4.69, 9.17) is 15.3 Å². The molecular formula is C8H18N2O2. The maximum atomic E-state index is 5.72. The number of hydrazine groups is 1. The summed E-state index contributed by atoms with van der Waals surface area (Å²) in [6.07, 6.45) is 2.35. The first-order chi connectivity index (χ1) is 5.84. The zero-order chi connectivity index (χ0) is 8.81. The average Bonchev–Trinajstić information content (AvgIpc) is 2.46. The molecule has 0 amide bonds. The Kier molecular flexibility index (Phi) is 4.53. The summed E-state index contributed by atoms with van der Waals surface area (Å²) in [6.45, 7) is 3.07. The molecule has 0 aromatic carbocycles. The van der Waals surface area contributed by atoms with Gasteiger partial charge in [0.15, 0.2) is 0 Å². The van der Waals surface area contributed by atoms with Gasteiger partial charge in [-0.3, -0.25) is 5.84 Å². The number of hydrogen-bond acceptors (Lipinski definition) is 4. The zero-order valence-corrected chi connectivity index (χ0v) is 7.66. The van der Waals surface area contributed by atoms with Crippen molar-refractivity contribution in [3.63, 3.8) is 0 Å². The number of rotatable bonds is 5. The molecular weight excluding hydrogens is 156 g/mol. The smallest absolute Gasteiger partial charge is 0.0701 e. The summed E-state index contributed by atoms with van der Waals surface area (Å²) < 4.78 is 10.2. The van der Waals surface area contributed by atoms with Crippen LogP contribution < -0.4 is 5.84 Å². The van der Waals surface area contributed by atoms with E-state index in [0.717, 1.165) is 19.6 Å². The molecule has 1 saturated heterocycles. The summed E-state index contributed by atoms with van der Waals surface area (Å²) in [5, 5.41) is 1.87. The number of ether oxygens (including phenoxy) is 2. The van der Waals surface area contributed by atoms with Crippen molar-refractivity contribution in [2.75, 3.05) is 33.5 Å². The van der Waals surface area contributed by atoms with Gasteiger partial charge < -0.3 is 9.47 Å². The second-order valence-corrected chi connectivity index (χ2v) is 3.10. The van der Waals surface area contributed by atoms with Crippen molar-refractivity contribution >= 4 is 0 Å². The van der Waals surface area contributed by atoms with Crippen molar-refractivity contribution < 1.29 is 9.47 Å². The summed E-state index contributed by atoms with van der Waals surface area (Å²) in [6, 6.07) is 0.418. The summed E-state index contributed by atoms with van der Waals surface area (Å²) in [4.78, 5) is 0. The van der Waals surface area contributed by atoms with Crippen LogP contribution in [0.2, 0.25) is 0 Å². The Morgan fingerprint density at radius 3 is 2.92 bits per heavy atom. The highest BCUT2D eigenvalue weighted by molar-refractivity contribution is 4.73. The molecule has 0 spiro atoms. The van der Waals surface area contributed by atoms with Gasteiger partial charge in [-0.15, -0.1) is 0 Å². The van der Waals surface area contributed by atoms with Crippen molar-refractivity contribution in [2.24, 2.45) is 5.84 Å². The first-order valence-corrected chi connectivity index (χ1v) is 4.42. The Morgan fingerprint density at radius 1 is 1.50 bits per heavy atom. The van der Waals surface area contributed by atoms with Crippen LogP contribution in [0, 0.1) is 0 Å². The third-order valence-corrected chi connectivity index (χ3v) is 2.16. The maximum absolute atomic E-state index is 5.72. The lowest BCUT2D eigenvalue weighted by Crippen LogP contribution is -2.38. The lowest BCUT2D eigenvalue weighted by Gasteiger charge is -2.18. The summed E-state index contributed by atoms with van der Waals surface area (Å²) in [5.74, 6) is 5.72. The van der Waals surface area contributed by atoms with Gasteiger partial charge in [0.05, 0.1) is 19.8 Å².